The second kappa shape index (κ2) is 3.60. The van der Waals surface area contributed by atoms with Gasteiger partial charge in [-0.25, -0.2) is 4.79 Å². The Morgan fingerprint density at radius 2 is 2.09 bits per heavy atom. The van der Waals surface area contributed by atoms with Gasteiger partial charge in [-0.05, 0) is 6.72 Å². The van der Waals surface area contributed by atoms with Crippen molar-refractivity contribution in [3.63, 3.8) is 0 Å². The normalized spacial score (nSPS) is 11.8. The molecule has 0 saturated heterocycles. The quantitative estimate of drug-likeness (QED) is 0.426. The molecule has 0 atom stereocenters. The predicted molar refractivity (Wildman–Crippen MR) is 42.1 cm³/mol. The van der Waals surface area contributed by atoms with E-state index in [1.54, 1.807) is 14.1 Å². The van der Waals surface area contributed by atoms with E-state index in [2.05, 4.69) is 11.7 Å². The van der Waals surface area contributed by atoms with Crippen molar-refractivity contribution in [3.05, 3.63) is 11.5 Å². The number of carboxylic acids is 1. The van der Waals surface area contributed by atoms with Gasteiger partial charge in [-0.2, -0.15) is 0 Å². The molecule has 11 heavy (non-hydrogen) atoms. The molecule has 0 aliphatic heterocycles. The summed E-state index contributed by atoms with van der Waals surface area (Å²) in [6, 6.07) is 0. The first-order chi connectivity index (χ1) is 5.00. The van der Waals surface area contributed by atoms with Gasteiger partial charge in [0, 0.05) is 14.1 Å². The first kappa shape index (κ1) is 9.48. The molecule has 62 valence electrons. The minimum atomic E-state index is -1.17. The summed E-state index contributed by atoms with van der Waals surface area (Å²) in [6.45, 7) is 3.09. The number of hydrogen-bond donors (Lipinski definition) is 2. The second-order valence-electron chi connectivity index (χ2n) is 2.09. The van der Waals surface area contributed by atoms with Gasteiger partial charge in [-0.1, -0.05) is 0 Å². The Morgan fingerprint density at radius 3 is 2.18 bits per heavy atom. The van der Waals surface area contributed by atoms with Crippen LogP contribution < -0.4 is 5.73 Å². The van der Waals surface area contributed by atoms with E-state index in [0.29, 0.717) is 0 Å². The molecule has 0 fully saturated rings. The van der Waals surface area contributed by atoms with Gasteiger partial charge in [0.05, 0.1) is 0 Å². The van der Waals surface area contributed by atoms with E-state index in [1.165, 1.54) is 4.90 Å². The molecule has 5 nitrogen and oxygen atoms in total. The molecule has 0 saturated carbocycles. The fourth-order valence-corrected chi connectivity index (χ4v) is 0.470. The molecule has 0 aliphatic rings. The van der Waals surface area contributed by atoms with E-state index in [9.17, 15) is 4.79 Å². The number of aliphatic imine (C=N–C) groups is 1. The molecule has 0 rings (SSSR count). The Hall–Kier alpha value is -1.52. The number of carboxylic acid groups (broad SMARTS) is 1. The van der Waals surface area contributed by atoms with E-state index in [-0.39, 0.29) is 11.5 Å². The van der Waals surface area contributed by atoms with Crippen molar-refractivity contribution >= 4 is 12.7 Å². The molecule has 0 aromatic heterocycles. The van der Waals surface area contributed by atoms with E-state index >= 15 is 0 Å². The molecular weight excluding hydrogens is 146 g/mol. The van der Waals surface area contributed by atoms with Gasteiger partial charge < -0.3 is 15.7 Å². The van der Waals surface area contributed by atoms with Gasteiger partial charge in [-0.3, -0.25) is 4.99 Å². The summed E-state index contributed by atoms with van der Waals surface area (Å²) < 4.78 is 0. The summed E-state index contributed by atoms with van der Waals surface area (Å²) in [5, 5.41) is 8.49. The number of nitrogens with two attached hydrogens (primary N) is 1. The topological polar surface area (TPSA) is 78.9 Å². The molecule has 0 heterocycles. The number of nitrogens with zero attached hydrogens (tertiary/aromatic N) is 2. The Balaban J connectivity index is 4.83. The van der Waals surface area contributed by atoms with E-state index in [0.717, 1.165) is 0 Å². The zero-order valence-corrected chi connectivity index (χ0v) is 6.53. The molecule has 0 aromatic carbocycles. The van der Waals surface area contributed by atoms with Gasteiger partial charge in [0.1, 0.15) is 5.82 Å². The average Bonchev–Trinajstić information content (AvgIpc) is 1.88. The summed E-state index contributed by atoms with van der Waals surface area (Å²) in [4.78, 5) is 15.1. The zero-order chi connectivity index (χ0) is 9.02. The molecule has 0 spiro atoms. The third-order valence-electron chi connectivity index (χ3n) is 1.09. The highest BCUT2D eigenvalue weighted by Gasteiger charge is 2.10. The maximum absolute atomic E-state index is 10.4. The van der Waals surface area contributed by atoms with E-state index in [4.69, 9.17) is 10.8 Å². The summed E-state index contributed by atoms with van der Waals surface area (Å²) in [5.41, 5.74) is 5.14. The van der Waals surface area contributed by atoms with Crippen molar-refractivity contribution < 1.29 is 9.90 Å². The fourth-order valence-electron chi connectivity index (χ4n) is 0.470. The third kappa shape index (κ3) is 2.29. The zero-order valence-electron chi connectivity index (χ0n) is 6.53. The Kier molecular flexibility index (Phi) is 3.10. The fraction of sp³-hybridized carbons (Fsp3) is 0.333. The molecule has 0 unspecified atom stereocenters. The van der Waals surface area contributed by atoms with Gasteiger partial charge in [-0.15, -0.1) is 0 Å². The highest BCUT2D eigenvalue weighted by molar-refractivity contribution is 5.87. The maximum Gasteiger partial charge on any atom is 0.358 e. The van der Waals surface area contributed by atoms with Crippen LogP contribution in [0.5, 0.6) is 0 Å². The average molecular weight is 157 g/mol. The molecule has 0 aliphatic carbocycles. The first-order valence-electron chi connectivity index (χ1n) is 2.87. The minimum Gasteiger partial charge on any atom is -0.476 e. The van der Waals surface area contributed by atoms with Crippen LogP contribution in [0.15, 0.2) is 16.5 Å². The summed E-state index contributed by atoms with van der Waals surface area (Å²) in [6.07, 6.45) is 0. The summed E-state index contributed by atoms with van der Waals surface area (Å²) in [7, 11) is 3.26. The predicted octanol–water partition coefficient (Wildman–Crippen LogP) is -0.539. The standard InChI is InChI=1S/C6H11N3O2/c1-8-4(6(10)11)5(7)9(2)3/h1,7H2,2-3H3,(H,10,11)/b5-4-. The van der Waals surface area contributed by atoms with Crippen LogP contribution in [-0.4, -0.2) is 36.8 Å². The smallest absolute Gasteiger partial charge is 0.358 e. The van der Waals surface area contributed by atoms with Crippen molar-refractivity contribution in [2.45, 2.75) is 0 Å². The first-order valence-corrected chi connectivity index (χ1v) is 2.87. The molecule has 0 radical (unpaired) electrons. The van der Waals surface area contributed by atoms with Gasteiger partial charge >= 0.3 is 5.97 Å². The second-order valence-corrected chi connectivity index (χ2v) is 2.09. The summed E-state index contributed by atoms with van der Waals surface area (Å²) in [5.74, 6) is -1.08. The molecular formula is C6H11N3O2. The monoisotopic (exact) mass is 157 g/mol. The minimum absolute atomic E-state index is 0.0903. The largest absolute Gasteiger partial charge is 0.476 e. The Morgan fingerprint density at radius 1 is 1.64 bits per heavy atom. The lowest BCUT2D eigenvalue weighted by Gasteiger charge is -2.12. The maximum atomic E-state index is 10.4. The van der Waals surface area contributed by atoms with Gasteiger partial charge in [0.25, 0.3) is 0 Å². The molecule has 3 N–H and O–H groups in total. The number of aliphatic carboxylic acids is 1. The third-order valence-corrected chi connectivity index (χ3v) is 1.09. The van der Waals surface area contributed by atoms with Crippen LogP contribution in [-0.2, 0) is 4.79 Å². The van der Waals surface area contributed by atoms with Crippen LogP contribution in [0.3, 0.4) is 0 Å². The van der Waals surface area contributed by atoms with Gasteiger partial charge in [0.2, 0.25) is 0 Å². The van der Waals surface area contributed by atoms with E-state index < -0.39 is 5.97 Å². The lowest BCUT2D eigenvalue weighted by molar-refractivity contribution is -0.132. The van der Waals surface area contributed by atoms with E-state index in [1.807, 2.05) is 0 Å². The van der Waals surface area contributed by atoms with Crippen LogP contribution in [0.4, 0.5) is 0 Å². The van der Waals surface area contributed by atoms with Crippen molar-refractivity contribution in [2.75, 3.05) is 14.1 Å². The molecule has 0 aromatic rings. The van der Waals surface area contributed by atoms with Crippen LogP contribution in [0, 0.1) is 0 Å². The number of rotatable bonds is 3. The van der Waals surface area contributed by atoms with Crippen molar-refractivity contribution in [2.24, 2.45) is 10.7 Å². The van der Waals surface area contributed by atoms with Crippen molar-refractivity contribution in [1.82, 2.24) is 4.90 Å². The van der Waals surface area contributed by atoms with Crippen LogP contribution >= 0.6 is 0 Å². The Labute approximate surface area is 64.8 Å². The number of carbonyl (C=O) groups is 1. The lowest BCUT2D eigenvalue weighted by atomic mass is 10.4. The highest BCUT2D eigenvalue weighted by atomic mass is 16.4. The van der Waals surface area contributed by atoms with Crippen LogP contribution in [0.2, 0.25) is 0 Å². The number of hydrogen-bond acceptors (Lipinski definition) is 4. The van der Waals surface area contributed by atoms with Crippen molar-refractivity contribution in [1.29, 1.82) is 0 Å². The SMILES string of the molecule is C=N/C(C(=O)O)=C(/N)N(C)C. The molecule has 0 amide bonds. The summed E-state index contributed by atoms with van der Waals surface area (Å²) >= 11 is 0. The van der Waals surface area contributed by atoms with Crippen molar-refractivity contribution in [3.8, 4) is 0 Å². The van der Waals surface area contributed by atoms with Crippen LogP contribution in [0.1, 0.15) is 0 Å². The molecule has 0 bridgehead atoms. The van der Waals surface area contributed by atoms with Gasteiger partial charge in [0.15, 0.2) is 5.70 Å². The van der Waals surface area contributed by atoms with Crippen LogP contribution in [0.25, 0.3) is 0 Å². The lowest BCUT2D eigenvalue weighted by Crippen LogP contribution is -2.23. The molecule has 5 heteroatoms. The highest BCUT2D eigenvalue weighted by Crippen LogP contribution is 2.01. The Bertz CT molecular complexity index is 208.